The monoisotopic (exact) mass is 470 g/mol. The maximum atomic E-state index is 14.7. The van der Waals surface area contributed by atoms with E-state index in [2.05, 4.69) is 12.2 Å². The van der Waals surface area contributed by atoms with Gasteiger partial charge in [-0.2, -0.15) is 0 Å². The number of thioether (sulfide) groups is 1. The number of benzene rings is 2. The number of nitrogens with zero attached hydrogens (tertiary/aromatic N) is 1. The highest BCUT2D eigenvalue weighted by Gasteiger charge is 2.28. The molecule has 0 bridgehead atoms. The Labute approximate surface area is 196 Å². The van der Waals surface area contributed by atoms with Crippen molar-refractivity contribution in [3.05, 3.63) is 77.5 Å². The van der Waals surface area contributed by atoms with Gasteiger partial charge in [0.05, 0.1) is 31.6 Å². The van der Waals surface area contributed by atoms with Crippen LogP contribution in [0.15, 0.2) is 64.1 Å². The van der Waals surface area contributed by atoms with Crippen molar-refractivity contribution >= 4 is 23.4 Å². The van der Waals surface area contributed by atoms with E-state index in [0.29, 0.717) is 41.5 Å². The number of hydrogen-bond donors (Lipinski definition) is 2. The maximum Gasteiger partial charge on any atom is 0.251 e. The third-order valence-corrected chi connectivity index (χ3v) is 6.54. The molecule has 1 aliphatic rings. The molecule has 6 nitrogen and oxygen atoms in total. The SMILES string of the molecule is CCCCOc1cccc(F)c1CN1c2ccc(C(=O)NCc3ccco3)cc2SCC1O. The summed E-state index contributed by atoms with van der Waals surface area (Å²) in [4.78, 5) is 15.2. The highest BCUT2D eigenvalue weighted by molar-refractivity contribution is 7.99. The molecule has 0 saturated carbocycles. The van der Waals surface area contributed by atoms with Gasteiger partial charge in [0.1, 0.15) is 23.6 Å². The number of aliphatic hydroxyl groups is 1. The van der Waals surface area contributed by atoms with E-state index >= 15 is 0 Å². The number of amides is 1. The summed E-state index contributed by atoms with van der Waals surface area (Å²) in [6, 6.07) is 13.7. The van der Waals surface area contributed by atoms with Crippen LogP contribution in [0.1, 0.15) is 41.4 Å². The Morgan fingerprint density at radius 3 is 2.97 bits per heavy atom. The first-order chi connectivity index (χ1) is 16.1. The van der Waals surface area contributed by atoms with Crippen molar-refractivity contribution in [2.75, 3.05) is 17.3 Å². The lowest BCUT2D eigenvalue weighted by Gasteiger charge is -2.36. The lowest BCUT2D eigenvalue weighted by atomic mass is 10.1. The minimum absolute atomic E-state index is 0.160. The third-order valence-electron chi connectivity index (χ3n) is 5.44. The summed E-state index contributed by atoms with van der Waals surface area (Å²) < 4.78 is 25.8. The number of nitrogens with one attached hydrogen (secondary N) is 1. The molecule has 0 saturated heterocycles. The fourth-order valence-corrected chi connectivity index (χ4v) is 4.67. The maximum absolute atomic E-state index is 14.7. The second-order valence-corrected chi connectivity index (χ2v) is 8.84. The molecule has 1 unspecified atom stereocenters. The van der Waals surface area contributed by atoms with Crippen LogP contribution in [-0.2, 0) is 13.1 Å². The molecule has 0 fully saturated rings. The number of carbonyl (C=O) groups is 1. The molecule has 4 rings (SSSR count). The Balaban J connectivity index is 1.53. The number of rotatable bonds is 9. The average molecular weight is 471 g/mol. The first kappa shape index (κ1) is 23.2. The van der Waals surface area contributed by atoms with E-state index in [1.807, 2.05) is 0 Å². The largest absolute Gasteiger partial charge is 0.493 e. The summed E-state index contributed by atoms with van der Waals surface area (Å²) in [6.07, 6.45) is 2.64. The van der Waals surface area contributed by atoms with Crippen LogP contribution in [0.25, 0.3) is 0 Å². The zero-order chi connectivity index (χ0) is 23.2. The Hall–Kier alpha value is -2.97. The number of fused-ring (bicyclic) bond motifs is 1. The molecular weight excluding hydrogens is 443 g/mol. The quantitative estimate of drug-likeness (QED) is 0.431. The number of hydrogen-bond acceptors (Lipinski definition) is 6. The van der Waals surface area contributed by atoms with E-state index in [4.69, 9.17) is 9.15 Å². The van der Waals surface area contributed by atoms with Gasteiger partial charge in [-0.15, -0.1) is 11.8 Å². The van der Waals surface area contributed by atoms with E-state index in [9.17, 15) is 14.3 Å². The van der Waals surface area contributed by atoms with Gasteiger partial charge in [-0.3, -0.25) is 4.79 Å². The summed E-state index contributed by atoms with van der Waals surface area (Å²) in [5.74, 6) is 0.986. The number of halogens is 1. The van der Waals surface area contributed by atoms with E-state index < -0.39 is 6.23 Å². The smallest absolute Gasteiger partial charge is 0.251 e. The van der Waals surface area contributed by atoms with Crippen LogP contribution in [0.2, 0.25) is 0 Å². The Bertz CT molecular complexity index is 1090. The number of anilines is 1. The molecule has 0 aliphatic carbocycles. The molecule has 1 aliphatic heterocycles. The molecule has 8 heteroatoms. The van der Waals surface area contributed by atoms with Crippen molar-refractivity contribution in [3.8, 4) is 5.75 Å². The second kappa shape index (κ2) is 10.8. The molecule has 3 aromatic rings. The van der Waals surface area contributed by atoms with Crippen LogP contribution in [0.5, 0.6) is 5.75 Å². The number of aliphatic hydroxyl groups excluding tert-OH is 1. The molecule has 174 valence electrons. The van der Waals surface area contributed by atoms with Gasteiger partial charge in [0.25, 0.3) is 5.91 Å². The zero-order valence-corrected chi connectivity index (χ0v) is 19.2. The first-order valence-corrected chi connectivity index (χ1v) is 12.0. The van der Waals surface area contributed by atoms with Crippen molar-refractivity contribution < 1.29 is 23.4 Å². The topological polar surface area (TPSA) is 74.9 Å². The molecule has 0 spiro atoms. The van der Waals surface area contributed by atoms with Crippen molar-refractivity contribution in [2.24, 2.45) is 0 Å². The summed E-state index contributed by atoms with van der Waals surface area (Å²) >= 11 is 1.47. The standard InChI is InChI=1S/C25H27FN2O4S/c1-2-3-11-32-22-8-4-7-20(26)19(22)15-28-21-10-9-17(13-23(21)33-16-24(28)29)25(30)27-14-18-6-5-12-31-18/h4-10,12-13,24,29H,2-3,11,14-16H2,1H3,(H,27,30). The fourth-order valence-electron chi connectivity index (χ4n) is 3.62. The van der Waals surface area contributed by atoms with Crippen molar-refractivity contribution in [1.82, 2.24) is 5.32 Å². The molecular formula is C25H27FN2O4S. The normalized spacial score (nSPS) is 15.2. The van der Waals surface area contributed by atoms with Gasteiger partial charge in [-0.25, -0.2) is 4.39 Å². The van der Waals surface area contributed by atoms with Crippen LogP contribution < -0.4 is 15.0 Å². The van der Waals surface area contributed by atoms with Gasteiger partial charge in [-0.1, -0.05) is 19.4 Å². The van der Waals surface area contributed by atoms with Gasteiger partial charge in [0.2, 0.25) is 0 Å². The molecule has 2 heterocycles. The predicted octanol–water partition coefficient (Wildman–Crippen LogP) is 4.96. The molecule has 0 radical (unpaired) electrons. The van der Waals surface area contributed by atoms with Crippen LogP contribution >= 0.6 is 11.8 Å². The number of furan rings is 1. The molecule has 1 atom stereocenters. The van der Waals surface area contributed by atoms with Crippen LogP contribution in [0, 0.1) is 5.82 Å². The second-order valence-electron chi connectivity index (χ2n) is 7.78. The molecule has 2 aromatic carbocycles. The number of carbonyl (C=O) groups excluding carboxylic acids is 1. The van der Waals surface area contributed by atoms with Gasteiger partial charge in [0.15, 0.2) is 0 Å². The van der Waals surface area contributed by atoms with Gasteiger partial charge in [0, 0.05) is 21.8 Å². The molecule has 2 N–H and O–H groups in total. The summed E-state index contributed by atoms with van der Waals surface area (Å²) in [5, 5.41) is 13.5. The van der Waals surface area contributed by atoms with E-state index in [0.717, 1.165) is 23.4 Å². The minimum atomic E-state index is -0.788. The van der Waals surface area contributed by atoms with Gasteiger partial charge >= 0.3 is 0 Å². The van der Waals surface area contributed by atoms with Crippen molar-refractivity contribution in [3.63, 3.8) is 0 Å². The van der Waals surface area contributed by atoms with Crippen LogP contribution in [0.3, 0.4) is 0 Å². The number of unbranched alkanes of at least 4 members (excludes halogenated alkanes) is 1. The summed E-state index contributed by atoms with van der Waals surface area (Å²) in [7, 11) is 0. The van der Waals surface area contributed by atoms with Crippen molar-refractivity contribution in [1.29, 1.82) is 0 Å². The highest BCUT2D eigenvalue weighted by atomic mass is 32.2. The highest BCUT2D eigenvalue weighted by Crippen LogP contribution is 2.39. The average Bonchev–Trinajstić information content (AvgIpc) is 3.34. The summed E-state index contributed by atoms with van der Waals surface area (Å²) in [6.45, 7) is 3.04. The molecule has 1 aromatic heterocycles. The third kappa shape index (κ3) is 5.51. The van der Waals surface area contributed by atoms with Gasteiger partial charge < -0.3 is 24.5 Å². The predicted molar refractivity (Wildman–Crippen MR) is 126 cm³/mol. The van der Waals surface area contributed by atoms with Crippen LogP contribution in [0.4, 0.5) is 10.1 Å². The minimum Gasteiger partial charge on any atom is -0.493 e. The number of ether oxygens (including phenoxy) is 1. The zero-order valence-electron chi connectivity index (χ0n) is 18.4. The van der Waals surface area contributed by atoms with E-state index in [-0.39, 0.29) is 18.3 Å². The van der Waals surface area contributed by atoms with Crippen molar-refractivity contribution in [2.45, 2.75) is 44.0 Å². The Morgan fingerprint density at radius 2 is 2.18 bits per heavy atom. The summed E-state index contributed by atoms with van der Waals surface area (Å²) in [5.41, 5.74) is 1.67. The van der Waals surface area contributed by atoms with Gasteiger partial charge in [-0.05, 0) is 48.9 Å². The molecule has 1 amide bonds. The Morgan fingerprint density at radius 1 is 1.30 bits per heavy atom. The lowest BCUT2D eigenvalue weighted by Crippen LogP contribution is -2.39. The Kier molecular flexibility index (Phi) is 7.57. The lowest BCUT2D eigenvalue weighted by molar-refractivity contribution is 0.0948. The fraction of sp³-hybridized carbons (Fsp3) is 0.320. The van der Waals surface area contributed by atoms with E-state index in [1.54, 1.807) is 53.6 Å². The van der Waals surface area contributed by atoms with Crippen LogP contribution in [-0.4, -0.2) is 29.6 Å². The first-order valence-electron chi connectivity index (χ1n) is 11.0. The van der Waals surface area contributed by atoms with E-state index in [1.165, 1.54) is 17.8 Å². The molecule has 33 heavy (non-hydrogen) atoms.